The summed E-state index contributed by atoms with van der Waals surface area (Å²) in [5.74, 6) is 0.813. The normalized spacial score (nSPS) is 17.9. The zero-order valence-corrected chi connectivity index (χ0v) is 12.3. The minimum Gasteiger partial charge on any atom is -0.349 e. The number of hydrogen-bond acceptors (Lipinski definition) is 3. The molecule has 1 heterocycles. The lowest BCUT2D eigenvalue weighted by atomic mass is 9.67. The van der Waals surface area contributed by atoms with Crippen LogP contribution in [-0.2, 0) is 5.41 Å². The number of nitrogens with one attached hydrogen (secondary N) is 2. The van der Waals surface area contributed by atoms with E-state index < -0.39 is 0 Å². The first-order chi connectivity index (χ1) is 8.86. The van der Waals surface area contributed by atoms with Crippen LogP contribution >= 0.6 is 0 Å². The second-order valence-electron chi connectivity index (χ2n) is 6.65. The Labute approximate surface area is 114 Å². The third kappa shape index (κ3) is 2.96. The number of H-pyrrole nitrogens is 1. The van der Waals surface area contributed by atoms with Crippen LogP contribution in [0.4, 0.5) is 0 Å². The smallest absolute Gasteiger partial charge is 0.290 e. The minimum absolute atomic E-state index is 0.121. The lowest BCUT2D eigenvalue weighted by molar-refractivity contribution is 0.0841. The summed E-state index contributed by atoms with van der Waals surface area (Å²) in [5.41, 5.74) is 0.197. The van der Waals surface area contributed by atoms with Crippen molar-refractivity contribution in [2.24, 2.45) is 5.41 Å². The Morgan fingerprint density at radius 3 is 2.53 bits per heavy atom. The molecule has 19 heavy (non-hydrogen) atoms. The molecule has 1 aromatic heterocycles. The van der Waals surface area contributed by atoms with Gasteiger partial charge >= 0.3 is 0 Å². The number of nitrogens with zero attached hydrogens (tertiary/aromatic N) is 2. The third-order valence-electron chi connectivity index (χ3n) is 4.19. The molecule has 2 N–H and O–H groups in total. The van der Waals surface area contributed by atoms with E-state index in [9.17, 15) is 4.79 Å². The van der Waals surface area contributed by atoms with Gasteiger partial charge in [-0.2, -0.15) is 0 Å². The quantitative estimate of drug-likeness (QED) is 0.877. The van der Waals surface area contributed by atoms with E-state index in [0.29, 0.717) is 5.41 Å². The molecule has 0 saturated heterocycles. The molecule has 1 aliphatic carbocycles. The highest BCUT2D eigenvalue weighted by molar-refractivity contribution is 5.90. The fourth-order valence-electron chi connectivity index (χ4n) is 2.38. The summed E-state index contributed by atoms with van der Waals surface area (Å²) >= 11 is 0. The summed E-state index contributed by atoms with van der Waals surface area (Å²) in [5, 5.41) is 9.82. The van der Waals surface area contributed by atoms with Gasteiger partial charge in [-0.05, 0) is 24.7 Å². The predicted octanol–water partition coefficient (Wildman–Crippen LogP) is 2.41. The van der Waals surface area contributed by atoms with Gasteiger partial charge in [-0.3, -0.25) is 9.89 Å². The van der Waals surface area contributed by atoms with E-state index in [1.807, 2.05) is 20.8 Å². The zero-order chi connectivity index (χ0) is 14.1. The lowest BCUT2D eigenvalue weighted by Gasteiger charge is -2.41. The zero-order valence-electron chi connectivity index (χ0n) is 12.3. The van der Waals surface area contributed by atoms with Gasteiger partial charge in [0.25, 0.3) is 5.91 Å². The Morgan fingerprint density at radius 1 is 1.42 bits per heavy atom. The highest BCUT2D eigenvalue weighted by atomic mass is 16.2. The van der Waals surface area contributed by atoms with Crippen LogP contribution in [-0.4, -0.2) is 27.6 Å². The summed E-state index contributed by atoms with van der Waals surface area (Å²) in [6, 6.07) is 0. The van der Waals surface area contributed by atoms with Crippen LogP contribution in [0.3, 0.4) is 0 Å². The summed E-state index contributed by atoms with van der Waals surface area (Å²) in [6.07, 6.45) is 4.82. The Bertz CT molecular complexity index is 449. The summed E-state index contributed by atoms with van der Waals surface area (Å²) in [4.78, 5) is 16.3. The van der Waals surface area contributed by atoms with Gasteiger partial charge in [0.05, 0.1) is 0 Å². The summed E-state index contributed by atoms with van der Waals surface area (Å²) < 4.78 is 0. The van der Waals surface area contributed by atoms with Crippen LogP contribution in [0.15, 0.2) is 0 Å². The number of amides is 1. The molecule has 1 amide bonds. The van der Waals surface area contributed by atoms with E-state index in [1.165, 1.54) is 19.3 Å². The predicted molar refractivity (Wildman–Crippen MR) is 74.0 cm³/mol. The highest BCUT2D eigenvalue weighted by Gasteiger charge is 2.35. The number of hydrogen-bond donors (Lipinski definition) is 2. The standard InChI is InChI=1S/C14H24N4O/c1-5-14(7-6-8-14)9-15-11(19)10-16-12(18-17-10)13(2,3)4/h5-9H2,1-4H3,(H,15,19)(H,16,17,18). The van der Waals surface area contributed by atoms with Gasteiger partial charge < -0.3 is 5.32 Å². The molecule has 0 aliphatic heterocycles. The number of rotatable bonds is 4. The Balaban J connectivity index is 1.95. The van der Waals surface area contributed by atoms with Crippen molar-refractivity contribution < 1.29 is 4.79 Å². The van der Waals surface area contributed by atoms with Gasteiger partial charge in [-0.1, -0.05) is 34.1 Å². The van der Waals surface area contributed by atoms with E-state index in [4.69, 9.17) is 0 Å². The van der Waals surface area contributed by atoms with Crippen molar-refractivity contribution in [3.05, 3.63) is 11.6 Å². The van der Waals surface area contributed by atoms with Crippen molar-refractivity contribution in [3.63, 3.8) is 0 Å². The maximum Gasteiger partial charge on any atom is 0.290 e. The van der Waals surface area contributed by atoms with Crippen molar-refractivity contribution in [1.29, 1.82) is 0 Å². The van der Waals surface area contributed by atoms with Crippen molar-refractivity contribution in [2.75, 3.05) is 6.54 Å². The van der Waals surface area contributed by atoms with Gasteiger partial charge in [0, 0.05) is 12.0 Å². The average molecular weight is 264 g/mol. The van der Waals surface area contributed by atoms with Crippen molar-refractivity contribution in [2.45, 2.75) is 58.8 Å². The van der Waals surface area contributed by atoms with Crippen molar-refractivity contribution in [3.8, 4) is 0 Å². The molecule has 0 spiro atoms. The monoisotopic (exact) mass is 264 g/mol. The Morgan fingerprint density at radius 2 is 2.11 bits per heavy atom. The molecule has 1 aliphatic rings. The van der Waals surface area contributed by atoms with E-state index in [1.54, 1.807) is 0 Å². The molecule has 106 valence electrons. The van der Waals surface area contributed by atoms with Gasteiger partial charge in [0.2, 0.25) is 5.82 Å². The first kappa shape index (κ1) is 14.0. The van der Waals surface area contributed by atoms with Crippen molar-refractivity contribution in [1.82, 2.24) is 20.5 Å². The SMILES string of the molecule is CCC1(CNC(=O)c2n[nH]c(C(C)(C)C)n2)CCC1. The number of carbonyl (C=O) groups excluding carboxylic acids is 1. The van der Waals surface area contributed by atoms with Crippen LogP contribution in [0.1, 0.15) is 69.8 Å². The molecule has 0 atom stereocenters. The van der Waals surface area contributed by atoms with Gasteiger partial charge in [-0.25, -0.2) is 4.98 Å². The molecular weight excluding hydrogens is 240 g/mol. The second-order valence-corrected chi connectivity index (χ2v) is 6.65. The number of aromatic nitrogens is 3. The van der Waals surface area contributed by atoms with E-state index in [2.05, 4.69) is 27.4 Å². The van der Waals surface area contributed by atoms with E-state index in [0.717, 1.165) is 18.8 Å². The molecule has 1 fully saturated rings. The van der Waals surface area contributed by atoms with E-state index >= 15 is 0 Å². The fraction of sp³-hybridized carbons (Fsp3) is 0.786. The number of aromatic amines is 1. The average Bonchev–Trinajstić information content (AvgIpc) is 2.76. The topological polar surface area (TPSA) is 70.7 Å². The molecule has 0 bridgehead atoms. The van der Waals surface area contributed by atoms with Crippen LogP contribution in [0.2, 0.25) is 0 Å². The first-order valence-electron chi connectivity index (χ1n) is 7.07. The van der Waals surface area contributed by atoms with Crippen molar-refractivity contribution >= 4 is 5.91 Å². The summed E-state index contributed by atoms with van der Waals surface area (Å²) in [7, 11) is 0. The lowest BCUT2D eigenvalue weighted by Crippen LogP contribution is -2.42. The maximum absolute atomic E-state index is 12.0. The molecule has 2 rings (SSSR count). The van der Waals surface area contributed by atoms with Crippen LogP contribution < -0.4 is 5.32 Å². The largest absolute Gasteiger partial charge is 0.349 e. The van der Waals surface area contributed by atoms with Gasteiger partial charge in [-0.15, -0.1) is 5.10 Å². The van der Waals surface area contributed by atoms with Gasteiger partial charge in [0.1, 0.15) is 5.82 Å². The highest BCUT2D eigenvalue weighted by Crippen LogP contribution is 2.43. The first-order valence-corrected chi connectivity index (χ1v) is 7.07. The molecule has 1 saturated carbocycles. The van der Waals surface area contributed by atoms with E-state index in [-0.39, 0.29) is 17.1 Å². The molecule has 1 aromatic rings. The fourth-order valence-corrected chi connectivity index (χ4v) is 2.38. The van der Waals surface area contributed by atoms with Crippen LogP contribution in [0.25, 0.3) is 0 Å². The number of carbonyl (C=O) groups is 1. The van der Waals surface area contributed by atoms with Crippen LogP contribution in [0, 0.1) is 5.41 Å². The Kier molecular flexibility index (Phi) is 3.65. The molecule has 0 aromatic carbocycles. The van der Waals surface area contributed by atoms with Crippen LogP contribution in [0.5, 0.6) is 0 Å². The summed E-state index contributed by atoms with van der Waals surface area (Å²) in [6.45, 7) is 9.04. The maximum atomic E-state index is 12.0. The molecule has 0 radical (unpaired) electrons. The van der Waals surface area contributed by atoms with Gasteiger partial charge in [0.15, 0.2) is 0 Å². The molecule has 5 heteroatoms. The third-order valence-corrected chi connectivity index (χ3v) is 4.19. The molecule has 0 unspecified atom stereocenters. The second kappa shape index (κ2) is 4.94. The Hall–Kier alpha value is -1.39. The molecule has 5 nitrogen and oxygen atoms in total. The minimum atomic E-state index is -0.175. The molecular formula is C14H24N4O.